The Morgan fingerprint density at radius 3 is 2.21 bits per heavy atom. The van der Waals surface area contributed by atoms with Crippen LogP contribution < -0.4 is 15.5 Å². The van der Waals surface area contributed by atoms with Crippen molar-refractivity contribution in [1.29, 1.82) is 0 Å². The maximum atomic E-state index is 12.6. The smallest absolute Gasteiger partial charge is 0.274 e. The summed E-state index contributed by atoms with van der Waals surface area (Å²) in [4.78, 5) is 23.4. The van der Waals surface area contributed by atoms with Crippen LogP contribution in [0.15, 0.2) is 54.6 Å². The molecule has 0 fully saturated rings. The van der Waals surface area contributed by atoms with Gasteiger partial charge in [-0.3, -0.25) is 4.79 Å². The fourth-order valence-corrected chi connectivity index (χ4v) is 2.73. The van der Waals surface area contributed by atoms with Crippen molar-refractivity contribution in [3.63, 3.8) is 0 Å². The monoisotopic (exact) mass is 375 g/mol. The molecule has 0 atom stereocenters. The topological polar surface area (TPSA) is 70.2 Å². The number of aromatic nitrogens is 2. The molecule has 3 rings (SSSR count). The lowest BCUT2D eigenvalue weighted by Crippen LogP contribution is -2.16. The van der Waals surface area contributed by atoms with Crippen molar-refractivity contribution < 1.29 is 4.79 Å². The third kappa shape index (κ3) is 4.85. The number of benzene rings is 2. The van der Waals surface area contributed by atoms with Crippen molar-refractivity contribution in [2.75, 3.05) is 29.6 Å². The molecular formula is C22H25N5O. The van der Waals surface area contributed by atoms with E-state index in [-0.39, 0.29) is 5.91 Å². The van der Waals surface area contributed by atoms with Crippen LogP contribution in [0.3, 0.4) is 0 Å². The summed E-state index contributed by atoms with van der Waals surface area (Å²) in [6.07, 6.45) is 0.987. The van der Waals surface area contributed by atoms with Crippen LogP contribution in [0, 0.1) is 6.92 Å². The Labute approximate surface area is 165 Å². The third-order valence-corrected chi connectivity index (χ3v) is 4.35. The Balaban J connectivity index is 1.75. The second kappa shape index (κ2) is 8.52. The van der Waals surface area contributed by atoms with Crippen LogP contribution in [0.1, 0.15) is 28.7 Å². The van der Waals surface area contributed by atoms with E-state index in [0.29, 0.717) is 11.6 Å². The number of hydrogen-bond acceptors (Lipinski definition) is 5. The molecule has 0 saturated carbocycles. The first-order valence-corrected chi connectivity index (χ1v) is 9.25. The lowest BCUT2D eigenvalue weighted by Gasteiger charge is -2.13. The first kappa shape index (κ1) is 19.4. The fraction of sp³-hybridized carbons (Fsp3) is 0.227. The minimum Gasteiger partial charge on any atom is -0.378 e. The van der Waals surface area contributed by atoms with Crippen molar-refractivity contribution in [1.82, 2.24) is 9.97 Å². The van der Waals surface area contributed by atoms with Gasteiger partial charge in [-0.2, -0.15) is 0 Å². The molecule has 0 aliphatic carbocycles. The molecule has 144 valence electrons. The number of carbonyl (C=O) groups is 1. The average molecular weight is 375 g/mol. The van der Waals surface area contributed by atoms with Gasteiger partial charge in [0.05, 0.1) is 0 Å². The maximum Gasteiger partial charge on any atom is 0.274 e. The second-order valence-electron chi connectivity index (χ2n) is 6.79. The molecule has 1 aromatic heterocycles. The molecule has 0 bridgehead atoms. The molecule has 0 unspecified atom stereocenters. The van der Waals surface area contributed by atoms with E-state index in [9.17, 15) is 4.79 Å². The molecule has 0 spiro atoms. The maximum absolute atomic E-state index is 12.6. The van der Waals surface area contributed by atoms with Gasteiger partial charge in [-0.15, -0.1) is 0 Å². The van der Waals surface area contributed by atoms with Gasteiger partial charge in [0.1, 0.15) is 5.69 Å². The van der Waals surface area contributed by atoms with Crippen LogP contribution >= 0.6 is 0 Å². The van der Waals surface area contributed by atoms with Gasteiger partial charge in [0, 0.05) is 36.9 Å². The molecule has 3 aromatic rings. The van der Waals surface area contributed by atoms with E-state index in [1.807, 2.05) is 62.3 Å². The summed E-state index contributed by atoms with van der Waals surface area (Å²) in [7, 11) is 3.95. The molecule has 0 aliphatic heterocycles. The third-order valence-electron chi connectivity index (χ3n) is 4.35. The van der Waals surface area contributed by atoms with Crippen molar-refractivity contribution in [3.05, 3.63) is 71.5 Å². The Hall–Kier alpha value is -3.41. The quantitative estimate of drug-likeness (QED) is 0.668. The molecule has 6 nitrogen and oxygen atoms in total. The van der Waals surface area contributed by atoms with E-state index < -0.39 is 0 Å². The molecule has 0 saturated heterocycles. The summed E-state index contributed by atoms with van der Waals surface area (Å²) in [5.74, 6) is 0.129. The number of aryl methyl sites for hydroxylation is 2. The van der Waals surface area contributed by atoms with Gasteiger partial charge in [-0.05, 0) is 61.4 Å². The largest absolute Gasteiger partial charge is 0.378 e. The predicted molar refractivity (Wildman–Crippen MR) is 115 cm³/mol. The van der Waals surface area contributed by atoms with Crippen LogP contribution in [0.5, 0.6) is 0 Å². The highest BCUT2D eigenvalue weighted by atomic mass is 16.1. The van der Waals surface area contributed by atoms with E-state index in [1.54, 1.807) is 6.07 Å². The van der Waals surface area contributed by atoms with Gasteiger partial charge in [0.15, 0.2) is 0 Å². The summed E-state index contributed by atoms with van der Waals surface area (Å²) >= 11 is 0. The highest BCUT2D eigenvalue weighted by molar-refractivity contribution is 6.03. The number of anilines is 4. The molecule has 0 radical (unpaired) electrons. The van der Waals surface area contributed by atoms with Crippen LogP contribution in [-0.2, 0) is 6.42 Å². The van der Waals surface area contributed by atoms with Gasteiger partial charge < -0.3 is 15.5 Å². The van der Waals surface area contributed by atoms with Crippen LogP contribution in [-0.4, -0.2) is 30.0 Å². The number of hydrogen-bond donors (Lipinski definition) is 2. The van der Waals surface area contributed by atoms with Crippen LogP contribution in [0.2, 0.25) is 0 Å². The molecule has 0 aliphatic rings. The van der Waals surface area contributed by atoms with E-state index >= 15 is 0 Å². The van der Waals surface area contributed by atoms with Gasteiger partial charge in [0.25, 0.3) is 5.91 Å². The Kier molecular flexibility index (Phi) is 5.89. The first-order valence-electron chi connectivity index (χ1n) is 9.25. The number of rotatable bonds is 6. The van der Waals surface area contributed by atoms with Gasteiger partial charge in [-0.25, -0.2) is 9.97 Å². The average Bonchev–Trinajstić information content (AvgIpc) is 2.68. The summed E-state index contributed by atoms with van der Waals surface area (Å²) in [5.41, 5.74) is 4.96. The number of carbonyl (C=O) groups excluding carboxylic acids is 1. The SMILES string of the molecule is CCc1ccc(Nc2nc(C)cc(C(=O)Nc3ccc(N(C)C)cc3)n2)cc1. The number of nitrogens with one attached hydrogen (secondary N) is 2. The van der Waals surface area contributed by atoms with E-state index in [0.717, 1.165) is 29.2 Å². The molecular weight excluding hydrogens is 350 g/mol. The number of amides is 1. The molecule has 2 aromatic carbocycles. The van der Waals surface area contributed by atoms with Crippen molar-refractivity contribution in [3.8, 4) is 0 Å². The first-order chi connectivity index (χ1) is 13.4. The van der Waals surface area contributed by atoms with Crippen LogP contribution in [0.25, 0.3) is 0 Å². The van der Waals surface area contributed by atoms with Gasteiger partial charge in [0.2, 0.25) is 5.95 Å². The van der Waals surface area contributed by atoms with Gasteiger partial charge in [-0.1, -0.05) is 19.1 Å². The van der Waals surface area contributed by atoms with Crippen molar-refractivity contribution in [2.24, 2.45) is 0 Å². The number of nitrogens with zero attached hydrogens (tertiary/aromatic N) is 3. The standard InChI is InChI=1S/C22H25N5O/c1-5-16-6-8-18(9-7-16)25-22-23-15(2)14-20(26-22)21(28)24-17-10-12-19(13-11-17)27(3)4/h6-14H,5H2,1-4H3,(H,24,28)(H,23,25,26). The zero-order valence-corrected chi connectivity index (χ0v) is 16.7. The van der Waals surface area contributed by atoms with Crippen LogP contribution in [0.4, 0.5) is 23.0 Å². The lowest BCUT2D eigenvalue weighted by molar-refractivity contribution is 0.102. The molecule has 2 N–H and O–H groups in total. The molecule has 6 heteroatoms. The summed E-state index contributed by atoms with van der Waals surface area (Å²) < 4.78 is 0. The summed E-state index contributed by atoms with van der Waals surface area (Å²) in [6.45, 7) is 3.96. The lowest BCUT2D eigenvalue weighted by atomic mass is 10.1. The van der Waals surface area contributed by atoms with E-state index in [2.05, 4.69) is 39.7 Å². The zero-order valence-electron chi connectivity index (χ0n) is 16.7. The summed E-state index contributed by atoms with van der Waals surface area (Å²) in [6, 6.07) is 17.4. The summed E-state index contributed by atoms with van der Waals surface area (Å²) in [5, 5.41) is 6.05. The molecule has 28 heavy (non-hydrogen) atoms. The highest BCUT2D eigenvalue weighted by Gasteiger charge is 2.11. The minimum absolute atomic E-state index is 0.271. The normalized spacial score (nSPS) is 10.4. The van der Waals surface area contributed by atoms with Crippen molar-refractivity contribution >= 4 is 28.9 Å². The minimum atomic E-state index is -0.271. The van der Waals surface area contributed by atoms with E-state index in [4.69, 9.17) is 0 Å². The van der Waals surface area contributed by atoms with E-state index in [1.165, 1.54) is 5.56 Å². The fourth-order valence-electron chi connectivity index (χ4n) is 2.73. The Bertz CT molecular complexity index is 950. The second-order valence-corrected chi connectivity index (χ2v) is 6.79. The molecule has 1 heterocycles. The van der Waals surface area contributed by atoms with Crippen molar-refractivity contribution in [2.45, 2.75) is 20.3 Å². The van der Waals surface area contributed by atoms with Gasteiger partial charge >= 0.3 is 0 Å². The zero-order chi connectivity index (χ0) is 20.1. The Morgan fingerprint density at radius 1 is 0.964 bits per heavy atom. The molecule has 1 amide bonds. The predicted octanol–water partition coefficient (Wildman–Crippen LogP) is 4.41. The highest BCUT2D eigenvalue weighted by Crippen LogP contribution is 2.18. The Morgan fingerprint density at radius 2 is 1.61 bits per heavy atom.